The van der Waals surface area contributed by atoms with E-state index >= 15 is 0 Å². The Morgan fingerprint density at radius 1 is 0.960 bits per heavy atom. The van der Waals surface area contributed by atoms with E-state index in [0.29, 0.717) is 16.3 Å². The van der Waals surface area contributed by atoms with E-state index in [-0.39, 0.29) is 23.7 Å². The minimum absolute atomic E-state index is 0.0703. The highest BCUT2D eigenvalue weighted by molar-refractivity contribution is 6.30. The van der Waals surface area contributed by atoms with E-state index in [4.69, 9.17) is 11.6 Å². The zero-order valence-electron chi connectivity index (χ0n) is 14.9. The zero-order valence-corrected chi connectivity index (χ0v) is 15.7. The fourth-order valence-corrected chi connectivity index (χ4v) is 2.81. The molecule has 1 unspecified atom stereocenters. The van der Waals surface area contributed by atoms with Crippen LogP contribution in [0.4, 0.5) is 5.69 Å². The minimum atomic E-state index is -0.277. The molecule has 0 heterocycles. The Balaban J connectivity index is 2.16. The first-order valence-corrected chi connectivity index (χ1v) is 8.55. The van der Waals surface area contributed by atoms with Crippen molar-refractivity contribution in [3.05, 3.63) is 64.7 Å². The molecule has 0 radical (unpaired) electrons. The van der Waals surface area contributed by atoms with Crippen LogP contribution in [-0.2, 0) is 4.79 Å². The first-order chi connectivity index (χ1) is 11.8. The molecule has 5 heteroatoms. The molecule has 1 atom stereocenters. The average molecular weight is 359 g/mol. The number of amides is 2. The van der Waals surface area contributed by atoms with Crippen molar-refractivity contribution in [1.82, 2.24) is 4.90 Å². The van der Waals surface area contributed by atoms with Gasteiger partial charge >= 0.3 is 0 Å². The highest BCUT2D eigenvalue weighted by Crippen LogP contribution is 2.27. The third-order valence-corrected chi connectivity index (χ3v) is 4.24. The van der Waals surface area contributed by atoms with Gasteiger partial charge < -0.3 is 10.2 Å². The van der Waals surface area contributed by atoms with Crippen LogP contribution in [0.1, 0.15) is 35.7 Å². The summed E-state index contributed by atoms with van der Waals surface area (Å²) in [4.78, 5) is 26.2. The predicted octanol–water partition coefficient (Wildman–Crippen LogP) is 4.42. The summed E-state index contributed by atoms with van der Waals surface area (Å²) >= 11 is 5.94. The molecule has 2 aromatic carbocycles. The number of nitrogens with zero attached hydrogens (tertiary/aromatic N) is 1. The van der Waals surface area contributed by atoms with Gasteiger partial charge in [0.25, 0.3) is 5.91 Å². The molecule has 0 aromatic heterocycles. The lowest BCUT2D eigenvalue weighted by molar-refractivity contribution is -0.118. The second-order valence-electron chi connectivity index (χ2n) is 6.54. The van der Waals surface area contributed by atoms with Gasteiger partial charge in [0, 0.05) is 30.4 Å². The number of nitrogens with one attached hydrogen (secondary N) is 1. The van der Waals surface area contributed by atoms with E-state index in [1.54, 1.807) is 50.5 Å². The van der Waals surface area contributed by atoms with Crippen molar-refractivity contribution in [1.29, 1.82) is 0 Å². The lowest BCUT2D eigenvalue weighted by Crippen LogP contribution is -2.25. The summed E-state index contributed by atoms with van der Waals surface area (Å²) in [5.74, 6) is -0.292. The number of hydrogen-bond acceptors (Lipinski definition) is 2. The van der Waals surface area contributed by atoms with E-state index in [2.05, 4.69) is 5.32 Å². The van der Waals surface area contributed by atoms with Gasteiger partial charge in [-0.15, -0.1) is 0 Å². The molecular weight excluding hydrogens is 336 g/mol. The third kappa shape index (κ3) is 4.83. The Labute approximate surface area is 153 Å². The van der Waals surface area contributed by atoms with Gasteiger partial charge in [0.15, 0.2) is 0 Å². The third-order valence-electron chi connectivity index (χ3n) is 3.98. The molecule has 0 aliphatic rings. The Bertz CT molecular complexity index is 737. The van der Waals surface area contributed by atoms with Crippen LogP contribution in [0.2, 0.25) is 5.02 Å². The van der Waals surface area contributed by atoms with Crippen molar-refractivity contribution in [2.75, 3.05) is 19.4 Å². The molecule has 0 saturated carbocycles. The van der Waals surface area contributed by atoms with Crippen LogP contribution < -0.4 is 5.32 Å². The Morgan fingerprint density at radius 2 is 1.52 bits per heavy atom. The van der Waals surface area contributed by atoms with Gasteiger partial charge in [-0.3, -0.25) is 9.59 Å². The van der Waals surface area contributed by atoms with Crippen LogP contribution in [0.5, 0.6) is 0 Å². The van der Waals surface area contributed by atoms with Gasteiger partial charge in [-0.1, -0.05) is 37.6 Å². The molecule has 0 aliphatic carbocycles. The van der Waals surface area contributed by atoms with Gasteiger partial charge in [-0.05, 0) is 47.9 Å². The molecule has 0 saturated heterocycles. The monoisotopic (exact) mass is 358 g/mol. The van der Waals surface area contributed by atoms with Crippen LogP contribution in [-0.4, -0.2) is 30.8 Å². The van der Waals surface area contributed by atoms with Crippen molar-refractivity contribution in [2.45, 2.75) is 19.8 Å². The maximum atomic E-state index is 12.7. The van der Waals surface area contributed by atoms with Gasteiger partial charge in [-0.2, -0.15) is 0 Å². The topological polar surface area (TPSA) is 49.4 Å². The summed E-state index contributed by atoms with van der Waals surface area (Å²) in [5.41, 5.74) is 2.18. The number of rotatable bonds is 5. The molecular formula is C20H23ClN2O2. The van der Waals surface area contributed by atoms with Crippen molar-refractivity contribution < 1.29 is 9.59 Å². The largest absolute Gasteiger partial charge is 0.345 e. The Morgan fingerprint density at radius 3 is 2.00 bits per heavy atom. The minimum Gasteiger partial charge on any atom is -0.345 e. The lowest BCUT2D eigenvalue weighted by Gasteiger charge is -2.21. The van der Waals surface area contributed by atoms with Gasteiger partial charge in [0.1, 0.15) is 0 Å². The molecule has 25 heavy (non-hydrogen) atoms. The average Bonchev–Trinajstić information content (AvgIpc) is 2.56. The number of halogens is 1. The highest BCUT2D eigenvalue weighted by atomic mass is 35.5. The number of carbonyl (C=O) groups excluding carboxylic acids is 2. The second-order valence-corrected chi connectivity index (χ2v) is 6.98. The van der Waals surface area contributed by atoms with Crippen molar-refractivity contribution in [3.63, 3.8) is 0 Å². The van der Waals surface area contributed by atoms with Crippen LogP contribution in [0.3, 0.4) is 0 Å². The van der Waals surface area contributed by atoms with Crippen LogP contribution in [0, 0.1) is 5.92 Å². The van der Waals surface area contributed by atoms with Crippen molar-refractivity contribution in [3.8, 4) is 0 Å². The Kier molecular flexibility index (Phi) is 6.21. The van der Waals surface area contributed by atoms with E-state index in [0.717, 1.165) is 5.56 Å². The molecule has 1 N–H and O–H groups in total. The van der Waals surface area contributed by atoms with Gasteiger partial charge in [0.2, 0.25) is 5.91 Å². The first kappa shape index (κ1) is 19.0. The summed E-state index contributed by atoms with van der Waals surface area (Å²) in [6.07, 6.45) is 0. The van der Waals surface area contributed by atoms with E-state index in [9.17, 15) is 9.59 Å². The standard InChI is InChI=1S/C20H23ClN2O2/c1-13(2)18(14-5-9-16(21)10-6-14)19(24)22-17-11-7-15(8-12-17)20(25)23(3)4/h5-13,18H,1-4H3,(H,22,24). The van der Waals surface area contributed by atoms with E-state index in [1.165, 1.54) is 4.90 Å². The van der Waals surface area contributed by atoms with Gasteiger partial charge in [0.05, 0.1) is 5.92 Å². The summed E-state index contributed by atoms with van der Waals surface area (Å²) in [6, 6.07) is 14.3. The highest BCUT2D eigenvalue weighted by Gasteiger charge is 2.24. The molecule has 0 fully saturated rings. The first-order valence-electron chi connectivity index (χ1n) is 8.17. The molecule has 132 valence electrons. The van der Waals surface area contributed by atoms with Gasteiger partial charge in [-0.25, -0.2) is 0 Å². The maximum Gasteiger partial charge on any atom is 0.253 e. The molecule has 0 spiro atoms. The summed E-state index contributed by atoms with van der Waals surface area (Å²) in [5, 5.41) is 3.58. The van der Waals surface area contributed by atoms with Crippen LogP contribution >= 0.6 is 11.6 Å². The number of benzene rings is 2. The fourth-order valence-electron chi connectivity index (χ4n) is 2.68. The maximum absolute atomic E-state index is 12.7. The lowest BCUT2D eigenvalue weighted by atomic mass is 9.87. The molecule has 0 aliphatic heterocycles. The van der Waals surface area contributed by atoms with Crippen molar-refractivity contribution in [2.24, 2.45) is 5.92 Å². The van der Waals surface area contributed by atoms with Crippen LogP contribution in [0.15, 0.2) is 48.5 Å². The normalized spacial score (nSPS) is 11.9. The predicted molar refractivity (Wildman–Crippen MR) is 102 cm³/mol. The molecule has 2 amide bonds. The second kappa shape index (κ2) is 8.17. The SMILES string of the molecule is CC(C)C(C(=O)Nc1ccc(C(=O)N(C)C)cc1)c1ccc(Cl)cc1. The summed E-state index contributed by atoms with van der Waals surface area (Å²) < 4.78 is 0. The molecule has 2 rings (SSSR count). The number of carbonyl (C=O) groups is 2. The van der Waals surface area contributed by atoms with Crippen molar-refractivity contribution >= 4 is 29.1 Å². The fraction of sp³-hybridized carbons (Fsp3) is 0.300. The quantitative estimate of drug-likeness (QED) is 0.860. The zero-order chi connectivity index (χ0) is 18.6. The molecule has 2 aromatic rings. The molecule has 0 bridgehead atoms. The smallest absolute Gasteiger partial charge is 0.253 e. The van der Waals surface area contributed by atoms with E-state index < -0.39 is 0 Å². The number of hydrogen-bond donors (Lipinski definition) is 1. The molecule has 4 nitrogen and oxygen atoms in total. The van der Waals surface area contributed by atoms with Crippen LogP contribution in [0.25, 0.3) is 0 Å². The number of anilines is 1. The summed E-state index contributed by atoms with van der Waals surface area (Å²) in [6.45, 7) is 4.02. The summed E-state index contributed by atoms with van der Waals surface area (Å²) in [7, 11) is 3.41. The van der Waals surface area contributed by atoms with E-state index in [1.807, 2.05) is 26.0 Å². The Hall–Kier alpha value is -2.33.